The van der Waals surface area contributed by atoms with Crippen molar-refractivity contribution < 1.29 is 8.42 Å². The maximum Gasteiger partial charge on any atom is 0.184 e. The lowest BCUT2D eigenvalue weighted by Gasteiger charge is -2.17. The van der Waals surface area contributed by atoms with Gasteiger partial charge in [-0.3, -0.25) is 0 Å². The molecule has 3 rings (SSSR count). The summed E-state index contributed by atoms with van der Waals surface area (Å²) in [5.41, 5.74) is -0.461. The van der Waals surface area contributed by atoms with Gasteiger partial charge in [0.05, 0.1) is 22.3 Å². The maximum absolute atomic E-state index is 12.9. The van der Waals surface area contributed by atoms with Crippen LogP contribution in [0.3, 0.4) is 0 Å². The Labute approximate surface area is 151 Å². The molecule has 0 amide bonds. The molecule has 25 heavy (non-hydrogen) atoms. The number of allylic oxidation sites excluding steroid dienone is 1. The summed E-state index contributed by atoms with van der Waals surface area (Å²) in [4.78, 5) is 0.179. The van der Waals surface area contributed by atoms with Crippen LogP contribution in [-0.4, -0.2) is 13.7 Å². The summed E-state index contributed by atoms with van der Waals surface area (Å²) >= 11 is 5.89. The molecule has 0 spiro atoms. The maximum atomic E-state index is 12.9. The summed E-state index contributed by atoms with van der Waals surface area (Å²) in [5.74, 6) is 0. The summed E-state index contributed by atoms with van der Waals surface area (Å²) in [6.45, 7) is 0. The summed E-state index contributed by atoms with van der Waals surface area (Å²) in [5, 5.41) is 18.8. The largest absolute Gasteiger partial charge is 0.223 e. The first-order chi connectivity index (χ1) is 11.9. The molecule has 2 aromatic carbocycles. The van der Waals surface area contributed by atoms with Crippen molar-refractivity contribution in [2.75, 3.05) is 0 Å². The monoisotopic (exact) mass is 368 g/mol. The lowest BCUT2D eigenvalue weighted by atomic mass is 9.81. The van der Waals surface area contributed by atoms with Crippen LogP contribution >= 0.6 is 11.6 Å². The van der Waals surface area contributed by atoms with E-state index in [9.17, 15) is 18.9 Å². The van der Waals surface area contributed by atoms with E-state index in [0.29, 0.717) is 16.2 Å². The van der Waals surface area contributed by atoms with Crippen molar-refractivity contribution in [1.29, 1.82) is 10.5 Å². The molecule has 0 heterocycles. The van der Waals surface area contributed by atoms with E-state index < -0.39 is 20.5 Å². The van der Waals surface area contributed by atoms with Crippen LogP contribution < -0.4 is 0 Å². The fourth-order valence-electron chi connectivity index (χ4n) is 2.99. The predicted molar refractivity (Wildman–Crippen MR) is 95.1 cm³/mol. The smallest absolute Gasteiger partial charge is 0.184 e. The van der Waals surface area contributed by atoms with E-state index in [2.05, 4.69) is 0 Å². The van der Waals surface area contributed by atoms with E-state index in [1.54, 1.807) is 42.5 Å². The van der Waals surface area contributed by atoms with E-state index in [1.807, 2.05) is 12.1 Å². The first-order valence-electron chi connectivity index (χ1n) is 7.53. The van der Waals surface area contributed by atoms with Gasteiger partial charge in [0.2, 0.25) is 0 Å². The van der Waals surface area contributed by atoms with Crippen LogP contribution in [0, 0.1) is 28.1 Å². The zero-order chi connectivity index (χ0) is 18.1. The van der Waals surface area contributed by atoms with E-state index in [4.69, 9.17) is 11.6 Å². The first kappa shape index (κ1) is 17.2. The SMILES string of the molecule is N#CC1(C#N)CC(S(=O)(=O)c2ccccc2)C=C1c1ccc(Cl)cc1. The Bertz CT molecular complexity index is 1000. The molecule has 1 aliphatic carbocycles. The van der Waals surface area contributed by atoms with Crippen molar-refractivity contribution in [2.24, 2.45) is 5.41 Å². The Kier molecular flexibility index (Phi) is 4.39. The highest BCUT2D eigenvalue weighted by molar-refractivity contribution is 7.92. The Morgan fingerprint density at radius 2 is 1.60 bits per heavy atom. The van der Waals surface area contributed by atoms with Gasteiger partial charge in [0.1, 0.15) is 0 Å². The Balaban J connectivity index is 2.12. The topological polar surface area (TPSA) is 81.7 Å². The van der Waals surface area contributed by atoms with Gasteiger partial charge in [-0.1, -0.05) is 48.0 Å². The molecule has 2 aromatic rings. The highest BCUT2D eigenvalue weighted by Crippen LogP contribution is 2.47. The second kappa shape index (κ2) is 6.37. The van der Waals surface area contributed by atoms with Crippen LogP contribution in [0.2, 0.25) is 5.02 Å². The number of nitriles is 2. The third-order valence-corrected chi connectivity index (χ3v) is 6.61. The van der Waals surface area contributed by atoms with Gasteiger partial charge in [-0.2, -0.15) is 10.5 Å². The van der Waals surface area contributed by atoms with Crippen LogP contribution in [0.25, 0.3) is 5.57 Å². The third-order valence-electron chi connectivity index (χ3n) is 4.33. The molecular weight excluding hydrogens is 356 g/mol. The fraction of sp³-hybridized carbons (Fsp3) is 0.158. The molecule has 1 unspecified atom stereocenters. The molecule has 0 saturated carbocycles. The van der Waals surface area contributed by atoms with Gasteiger partial charge >= 0.3 is 0 Å². The van der Waals surface area contributed by atoms with Gasteiger partial charge in [-0.15, -0.1) is 0 Å². The minimum atomic E-state index is -3.68. The van der Waals surface area contributed by atoms with Gasteiger partial charge in [-0.25, -0.2) is 8.42 Å². The Morgan fingerprint density at radius 3 is 2.16 bits per heavy atom. The van der Waals surface area contributed by atoms with Crippen molar-refractivity contribution in [2.45, 2.75) is 16.6 Å². The molecule has 0 bridgehead atoms. The molecule has 1 atom stereocenters. The highest BCUT2D eigenvalue weighted by Gasteiger charge is 2.47. The van der Waals surface area contributed by atoms with Gasteiger partial charge in [0.15, 0.2) is 15.3 Å². The van der Waals surface area contributed by atoms with Crippen molar-refractivity contribution >= 4 is 27.0 Å². The second-order valence-electron chi connectivity index (χ2n) is 5.82. The number of hydrogen-bond acceptors (Lipinski definition) is 4. The summed E-state index contributed by atoms with van der Waals surface area (Å²) in [6, 6.07) is 18.8. The lowest BCUT2D eigenvalue weighted by molar-refractivity contribution is 0.572. The highest BCUT2D eigenvalue weighted by atomic mass is 35.5. The molecule has 0 N–H and O–H groups in total. The molecule has 4 nitrogen and oxygen atoms in total. The number of sulfone groups is 1. The fourth-order valence-corrected chi connectivity index (χ4v) is 4.79. The standard InChI is InChI=1S/C19H13ClN2O2S/c20-15-8-6-14(7-9-15)18-10-17(11-19(18,12-21)13-22)25(23,24)16-4-2-1-3-5-16/h1-10,17H,11H2. The molecular formula is C19H13ClN2O2S. The molecule has 0 saturated heterocycles. The second-order valence-corrected chi connectivity index (χ2v) is 8.42. The number of hydrogen-bond donors (Lipinski definition) is 0. The van der Waals surface area contributed by atoms with Crippen molar-refractivity contribution in [3.8, 4) is 12.1 Å². The number of rotatable bonds is 3. The molecule has 124 valence electrons. The molecule has 0 aromatic heterocycles. The van der Waals surface area contributed by atoms with Crippen LogP contribution in [0.4, 0.5) is 0 Å². The van der Waals surface area contributed by atoms with E-state index in [1.165, 1.54) is 18.2 Å². The summed E-state index contributed by atoms with van der Waals surface area (Å²) < 4.78 is 25.8. The van der Waals surface area contributed by atoms with Gasteiger partial charge in [0, 0.05) is 11.4 Å². The number of halogens is 1. The third kappa shape index (κ3) is 2.93. The summed E-state index contributed by atoms with van der Waals surface area (Å²) in [6.07, 6.45) is 1.44. The average molecular weight is 369 g/mol. The molecule has 0 radical (unpaired) electrons. The van der Waals surface area contributed by atoms with Crippen molar-refractivity contribution in [1.82, 2.24) is 0 Å². The quantitative estimate of drug-likeness (QED) is 0.819. The molecule has 0 fully saturated rings. The van der Waals surface area contributed by atoms with Gasteiger partial charge < -0.3 is 0 Å². The molecule has 1 aliphatic rings. The van der Waals surface area contributed by atoms with Crippen molar-refractivity contribution in [3.63, 3.8) is 0 Å². The lowest BCUT2D eigenvalue weighted by Crippen LogP contribution is -2.23. The van der Waals surface area contributed by atoms with Crippen LogP contribution in [0.5, 0.6) is 0 Å². The van der Waals surface area contributed by atoms with E-state index in [-0.39, 0.29) is 11.3 Å². The number of benzene rings is 2. The first-order valence-corrected chi connectivity index (χ1v) is 9.45. The minimum absolute atomic E-state index is 0.0881. The average Bonchev–Trinajstić information content (AvgIpc) is 3.04. The Hall–Kier alpha value is -2.60. The van der Waals surface area contributed by atoms with E-state index in [0.717, 1.165) is 0 Å². The minimum Gasteiger partial charge on any atom is -0.223 e. The van der Waals surface area contributed by atoms with E-state index >= 15 is 0 Å². The zero-order valence-electron chi connectivity index (χ0n) is 13.1. The molecule has 6 heteroatoms. The normalized spacial score (nSPS) is 18.8. The van der Waals surface area contributed by atoms with Gasteiger partial charge in [0.25, 0.3) is 0 Å². The zero-order valence-corrected chi connectivity index (χ0v) is 14.6. The Morgan fingerprint density at radius 1 is 1.00 bits per heavy atom. The van der Waals surface area contributed by atoms with Crippen LogP contribution in [0.15, 0.2) is 65.6 Å². The molecule has 0 aliphatic heterocycles. The number of nitrogens with zero attached hydrogens (tertiary/aromatic N) is 2. The van der Waals surface area contributed by atoms with Gasteiger partial charge in [-0.05, 0) is 35.4 Å². The predicted octanol–water partition coefficient (Wildman–Crippen LogP) is 4.00. The van der Waals surface area contributed by atoms with Crippen molar-refractivity contribution in [3.05, 3.63) is 71.3 Å². The summed E-state index contributed by atoms with van der Waals surface area (Å²) in [7, 11) is -3.68. The van der Waals surface area contributed by atoms with Crippen LogP contribution in [0.1, 0.15) is 12.0 Å². The van der Waals surface area contributed by atoms with Crippen LogP contribution in [-0.2, 0) is 9.84 Å².